The van der Waals surface area contributed by atoms with Gasteiger partial charge in [-0.15, -0.1) is 11.3 Å². The van der Waals surface area contributed by atoms with Crippen LogP contribution >= 0.6 is 43.2 Å². The van der Waals surface area contributed by atoms with Gasteiger partial charge in [0.15, 0.2) is 0 Å². The van der Waals surface area contributed by atoms with E-state index < -0.39 is 0 Å². The molecule has 0 amide bonds. The lowest BCUT2D eigenvalue weighted by Crippen LogP contribution is -2.07. The van der Waals surface area contributed by atoms with Crippen LogP contribution in [0.15, 0.2) is 63.5 Å². The zero-order valence-electron chi connectivity index (χ0n) is 13.2. The van der Waals surface area contributed by atoms with Crippen molar-refractivity contribution in [2.24, 2.45) is 0 Å². The van der Waals surface area contributed by atoms with Gasteiger partial charge in [-0.3, -0.25) is 4.79 Å². The van der Waals surface area contributed by atoms with Gasteiger partial charge < -0.3 is 4.90 Å². The number of nitrogens with zero attached hydrogens (tertiary/aromatic N) is 1. The van der Waals surface area contributed by atoms with Crippen molar-refractivity contribution in [2.45, 2.75) is 0 Å². The average Bonchev–Trinajstić information content (AvgIpc) is 3.01. The minimum Gasteiger partial charge on any atom is -0.369 e. The van der Waals surface area contributed by atoms with Gasteiger partial charge in [-0.1, -0.05) is 44.0 Å². The van der Waals surface area contributed by atoms with Crippen LogP contribution in [0.3, 0.4) is 0 Å². The summed E-state index contributed by atoms with van der Waals surface area (Å²) in [5.74, 6) is 0.0546. The maximum Gasteiger partial charge on any atom is 0.203 e. The van der Waals surface area contributed by atoms with Crippen LogP contribution < -0.4 is 4.90 Å². The summed E-state index contributed by atoms with van der Waals surface area (Å²) in [5.41, 5.74) is 2.89. The van der Waals surface area contributed by atoms with E-state index in [1.165, 1.54) is 11.3 Å². The number of hydrogen-bond acceptors (Lipinski definition) is 3. The summed E-state index contributed by atoms with van der Waals surface area (Å²) >= 11 is 8.39. The summed E-state index contributed by atoms with van der Waals surface area (Å²) < 4.78 is 2.01. The molecule has 0 saturated carbocycles. The largest absolute Gasteiger partial charge is 0.369 e. The van der Waals surface area contributed by atoms with Gasteiger partial charge in [-0.05, 0) is 48.0 Å². The Morgan fingerprint density at radius 2 is 1.46 bits per heavy atom. The molecule has 0 spiro atoms. The van der Waals surface area contributed by atoms with Crippen molar-refractivity contribution in [3.05, 3.63) is 74.0 Å². The van der Waals surface area contributed by atoms with Crippen LogP contribution in [0.25, 0.3) is 11.1 Å². The first-order valence-corrected chi connectivity index (χ1v) is 9.73. The van der Waals surface area contributed by atoms with Crippen LogP contribution in [0, 0.1) is 0 Å². The highest BCUT2D eigenvalue weighted by atomic mass is 79.9. The third-order valence-electron chi connectivity index (χ3n) is 3.60. The molecule has 0 aliphatic carbocycles. The highest BCUT2D eigenvalue weighted by Gasteiger charge is 2.18. The smallest absolute Gasteiger partial charge is 0.203 e. The molecular formula is C19H15Br2NOS. The fraction of sp³-hybridized carbons (Fsp3) is 0.105. The van der Waals surface area contributed by atoms with Crippen LogP contribution in [-0.2, 0) is 0 Å². The Morgan fingerprint density at radius 1 is 0.917 bits per heavy atom. The molecule has 2 nitrogen and oxygen atoms in total. The van der Waals surface area contributed by atoms with E-state index >= 15 is 0 Å². The Hall–Kier alpha value is -1.43. The van der Waals surface area contributed by atoms with Gasteiger partial charge in [0.05, 0.1) is 9.88 Å². The third kappa shape index (κ3) is 3.63. The van der Waals surface area contributed by atoms with Crippen molar-refractivity contribution in [1.29, 1.82) is 0 Å². The Bertz CT molecular complexity index is 867. The zero-order chi connectivity index (χ0) is 17.3. The number of carbonyl (C=O) groups is 1. The van der Waals surface area contributed by atoms with E-state index in [0.29, 0.717) is 5.56 Å². The quantitative estimate of drug-likeness (QED) is 0.426. The molecule has 1 heterocycles. The number of rotatable bonds is 4. The highest BCUT2D eigenvalue weighted by Crippen LogP contribution is 2.39. The standard InChI is InChI=1S/C19H15Br2NOS/c1-22(2)19-16(12-3-7-14(20)8-4-12)11-17(24-19)18(23)13-5-9-15(21)10-6-13/h3-11H,1-2H3. The van der Waals surface area contributed by atoms with E-state index in [0.717, 1.165) is 30.0 Å². The maximum absolute atomic E-state index is 12.8. The lowest BCUT2D eigenvalue weighted by atomic mass is 10.1. The predicted octanol–water partition coefficient (Wildman–Crippen LogP) is 6.24. The molecule has 3 rings (SSSR count). The molecule has 0 unspecified atom stereocenters. The fourth-order valence-corrected chi connectivity index (χ4v) is 4.00. The zero-order valence-corrected chi connectivity index (χ0v) is 17.2. The number of halogens is 2. The molecule has 0 atom stereocenters. The van der Waals surface area contributed by atoms with Crippen molar-refractivity contribution in [3.8, 4) is 11.1 Å². The molecule has 3 aromatic rings. The second-order valence-corrected chi connectivity index (χ2v) is 8.43. The number of hydrogen-bond donors (Lipinski definition) is 0. The Balaban J connectivity index is 2.04. The van der Waals surface area contributed by atoms with Gasteiger partial charge in [0, 0.05) is 34.2 Å². The van der Waals surface area contributed by atoms with Gasteiger partial charge in [-0.25, -0.2) is 0 Å². The molecule has 0 aliphatic heterocycles. The predicted molar refractivity (Wildman–Crippen MR) is 109 cm³/mol. The van der Waals surface area contributed by atoms with Crippen molar-refractivity contribution in [3.63, 3.8) is 0 Å². The molecule has 2 aromatic carbocycles. The summed E-state index contributed by atoms with van der Waals surface area (Å²) in [5, 5.41) is 1.08. The molecule has 5 heteroatoms. The number of anilines is 1. The summed E-state index contributed by atoms with van der Waals surface area (Å²) in [4.78, 5) is 15.6. The van der Waals surface area contributed by atoms with Crippen molar-refractivity contribution < 1.29 is 4.79 Å². The normalized spacial score (nSPS) is 10.7. The first-order chi connectivity index (χ1) is 11.5. The first kappa shape index (κ1) is 17.4. The fourth-order valence-electron chi connectivity index (χ4n) is 2.41. The Kier molecular flexibility index (Phi) is 5.23. The maximum atomic E-state index is 12.8. The number of thiophene rings is 1. The Labute approximate surface area is 162 Å². The van der Waals surface area contributed by atoms with E-state index in [1.807, 2.05) is 56.6 Å². The molecule has 122 valence electrons. The van der Waals surface area contributed by atoms with E-state index in [1.54, 1.807) is 0 Å². The first-order valence-electron chi connectivity index (χ1n) is 7.33. The number of carbonyl (C=O) groups excluding carboxylic acids is 1. The van der Waals surface area contributed by atoms with Crippen LogP contribution in [0.1, 0.15) is 15.2 Å². The van der Waals surface area contributed by atoms with Crippen LogP contribution in [-0.4, -0.2) is 19.9 Å². The lowest BCUT2D eigenvalue weighted by molar-refractivity contribution is 0.104. The monoisotopic (exact) mass is 463 g/mol. The molecule has 0 N–H and O–H groups in total. The summed E-state index contributed by atoms with van der Waals surface area (Å²) in [6.07, 6.45) is 0. The Morgan fingerprint density at radius 3 is 2.00 bits per heavy atom. The highest BCUT2D eigenvalue weighted by molar-refractivity contribution is 9.10. The molecule has 0 radical (unpaired) electrons. The van der Waals surface area contributed by atoms with Crippen LogP contribution in [0.2, 0.25) is 0 Å². The van der Waals surface area contributed by atoms with Gasteiger partial charge in [0.2, 0.25) is 5.78 Å². The van der Waals surface area contributed by atoms with Gasteiger partial charge in [0.1, 0.15) is 0 Å². The minimum absolute atomic E-state index is 0.0546. The minimum atomic E-state index is 0.0546. The van der Waals surface area contributed by atoms with Gasteiger partial charge >= 0.3 is 0 Å². The van der Waals surface area contributed by atoms with E-state index in [-0.39, 0.29) is 5.78 Å². The molecule has 0 bridgehead atoms. The van der Waals surface area contributed by atoms with Crippen molar-refractivity contribution in [1.82, 2.24) is 0 Å². The van der Waals surface area contributed by atoms with E-state index in [9.17, 15) is 4.79 Å². The summed E-state index contributed by atoms with van der Waals surface area (Å²) in [7, 11) is 4.00. The summed E-state index contributed by atoms with van der Waals surface area (Å²) in [6.45, 7) is 0. The lowest BCUT2D eigenvalue weighted by Gasteiger charge is -2.12. The van der Waals surface area contributed by atoms with Crippen molar-refractivity contribution >= 4 is 54.0 Å². The molecule has 1 aromatic heterocycles. The molecule has 24 heavy (non-hydrogen) atoms. The summed E-state index contributed by atoms with van der Waals surface area (Å²) in [6, 6.07) is 17.6. The molecular weight excluding hydrogens is 450 g/mol. The third-order valence-corrected chi connectivity index (χ3v) is 5.96. The van der Waals surface area contributed by atoms with E-state index in [2.05, 4.69) is 48.9 Å². The number of benzene rings is 2. The second-order valence-electron chi connectivity index (χ2n) is 5.57. The molecule has 0 saturated heterocycles. The van der Waals surface area contributed by atoms with Crippen molar-refractivity contribution in [2.75, 3.05) is 19.0 Å². The molecule has 0 fully saturated rings. The molecule has 0 aliphatic rings. The average molecular weight is 465 g/mol. The van der Waals surface area contributed by atoms with Gasteiger partial charge in [0.25, 0.3) is 0 Å². The topological polar surface area (TPSA) is 20.3 Å². The second kappa shape index (κ2) is 7.21. The van der Waals surface area contributed by atoms with Crippen LogP contribution in [0.5, 0.6) is 0 Å². The SMILES string of the molecule is CN(C)c1sc(C(=O)c2ccc(Br)cc2)cc1-c1ccc(Br)cc1. The van der Waals surface area contributed by atoms with E-state index in [4.69, 9.17) is 0 Å². The number of ketones is 1. The van der Waals surface area contributed by atoms with Crippen LogP contribution in [0.4, 0.5) is 5.00 Å². The van der Waals surface area contributed by atoms with Gasteiger partial charge in [-0.2, -0.15) is 0 Å².